The van der Waals surface area contributed by atoms with E-state index in [1.807, 2.05) is 29.5 Å². The number of carbonyl (C=O) groups is 1. The molecule has 1 amide bonds. The lowest BCUT2D eigenvalue weighted by Gasteiger charge is -2.22. The highest BCUT2D eigenvalue weighted by molar-refractivity contribution is 5.99. The molecule has 1 saturated heterocycles. The van der Waals surface area contributed by atoms with Crippen LogP contribution in [-0.2, 0) is 7.05 Å². The molecule has 1 atom stereocenters. The van der Waals surface area contributed by atoms with Crippen molar-refractivity contribution < 1.29 is 4.79 Å². The van der Waals surface area contributed by atoms with Gasteiger partial charge in [-0.05, 0) is 44.9 Å². The Morgan fingerprint density at radius 1 is 1.29 bits per heavy atom. The van der Waals surface area contributed by atoms with Crippen LogP contribution in [0, 0.1) is 13.8 Å². The number of rotatable bonds is 2. The number of hydrogen-bond donors (Lipinski definition) is 1. The van der Waals surface area contributed by atoms with Crippen LogP contribution in [0.25, 0.3) is 10.9 Å². The van der Waals surface area contributed by atoms with Crippen molar-refractivity contribution in [3.8, 4) is 0 Å². The van der Waals surface area contributed by atoms with E-state index in [4.69, 9.17) is 0 Å². The van der Waals surface area contributed by atoms with Gasteiger partial charge in [-0.25, -0.2) is 4.98 Å². The van der Waals surface area contributed by atoms with Crippen LogP contribution >= 0.6 is 0 Å². The minimum absolute atomic E-state index is 0.0396. The molecule has 0 unspecified atom stereocenters. The lowest BCUT2D eigenvalue weighted by atomic mass is 10.2. The third-order valence-corrected chi connectivity index (χ3v) is 4.84. The first-order valence-corrected chi connectivity index (χ1v) is 8.30. The standard InChI is InChI=1S/C18H21N5O/c1-11-6-7-14-13(9-11)10-16(22(14)3)18(24)23-8-4-5-15(23)17-19-12(2)20-21-17/h6-7,9-10,15H,4-5,8H2,1-3H3,(H,19,20,21)/t15-/m1/s1. The molecule has 4 rings (SSSR count). The van der Waals surface area contributed by atoms with Crippen LogP contribution < -0.4 is 0 Å². The molecule has 1 fully saturated rings. The average Bonchev–Trinajstić information content (AvgIpc) is 3.25. The maximum atomic E-state index is 13.2. The summed E-state index contributed by atoms with van der Waals surface area (Å²) in [4.78, 5) is 19.5. The van der Waals surface area contributed by atoms with E-state index < -0.39 is 0 Å². The van der Waals surface area contributed by atoms with Crippen molar-refractivity contribution in [2.75, 3.05) is 6.54 Å². The molecule has 1 aliphatic rings. The molecule has 0 aliphatic carbocycles. The van der Waals surface area contributed by atoms with Crippen molar-refractivity contribution in [3.63, 3.8) is 0 Å². The van der Waals surface area contributed by atoms with Gasteiger partial charge >= 0.3 is 0 Å². The number of H-pyrrole nitrogens is 1. The highest BCUT2D eigenvalue weighted by atomic mass is 16.2. The first-order chi connectivity index (χ1) is 11.5. The van der Waals surface area contributed by atoms with Crippen LogP contribution in [0.1, 0.15) is 46.6 Å². The molecule has 0 spiro atoms. The van der Waals surface area contributed by atoms with Crippen molar-refractivity contribution >= 4 is 16.8 Å². The van der Waals surface area contributed by atoms with E-state index in [0.717, 1.165) is 41.8 Å². The normalized spacial score (nSPS) is 17.8. The van der Waals surface area contributed by atoms with Crippen molar-refractivity contribution in [2.45, 2.75) is 32.7 Å². The fraction of sp³-hybridized carbons (Fsp3) is 0.389. The molecule has 0 saturated carbocycles. The Labute approximate surface area is 140 Å². The van der Waals surface area contributed by atoms with Crippen molar-refractivity contribution in [3.05, 3.63) is 47.2 Å². The van der Waals surface area contributed by atoms with Crippen LogP contribution in [0.2, 0.25) is 0 Å². The van der Waals surface area contributed by atoms with Crippen LogP contribution in [0.5, 0.6) is 0 Å². The molecule has 2 aromatic heterocycles. The Bertz CT molecular complexity index is 923. The van der Waals surface area contributed by atoms with E-state index in [1.165, 1.54) is 5.56 Å². The summed E-state index contributed by atoms with van der Waals surface area (Å²) in [6.07, 6.45) is 1.89. The minimum Gasteiger partial charge on any atom is -0.340 e. The van der Waals surface area contributed by atoms with Crippen molar-refractivity contribution in [1.29, 1.82) is 0 Å². The van der Waals surface area contributed by atoms with Gasteiger partial charge in [-0.15, -0.1) is 0 Å². The van der Waals surface area contributed by atoms with Gasteiger partial charge in [0.2, 0.25) is 0 Å². The molecule has 1 aliphatic heterocycles. The third-order valence-electron chi connectivity index (χ3n) is 4.84. The average molecular weight is 323 g/mol. The SMILES string of the molecule is Cc1ccc2c(c1)cc(C(=O)N1CCC[C@@H]1c1n[nH]c(C)n1)n2C. The van der Waals surface area contributed by atoms with E-state index in [-0.39, 0.29) is 11.9 Å². The molecular weight excluding hydrogens is 302 g/mol. The van der Waals surface area contributed by atoms with Gasteiger partial charge in [-0.2, -0.15) is 5.10 Å². The first kappa shape index (κ1) is 14.9. The molecule has 0 bridgehead atoms. The summed E-state index contributed by atoms with van der Waals surface area (Å²) in [7, 11) is 1.95. The zero-order chi connectivity index (χ0) is 16.8. The summed E-state index contributed by atoms with van der Waals surface area (Å²) in [5.74, 6) is 1.55. The van der Waals surface area contributed by atoms with Gasteiger partial charge in [-0.1, -0.05) is 11.6 Å². The highest BCUT2D eigenvalue weighted by Gasteiger charge is 2.34. The Morgan fingerprint density at radius 3 is 2.88 bits per heavy atom. The summed E-state index contributed by atoms with van der Waals surface area (Å²) < 4.78 is 1.98. The third kappa shape index (κ3) is 2.29. The molecule has 0 radical (unpaired) electrons. The fourth-order valence-electron chi connectivity index (χ4n) is 3.61. The molecule has 6 heteroatoms. The van der Waals surface area contributed by atoms with E-state index in [9.17, 15) is 4.79 Å². The molecule has 3 heterocycles. The minimum atomic E-state index is -0.0396. The second-order valence-electron chi connectivity index (χ2n) is 6.59. The van der Waals surface area contributed by atoms with Gasteiger partial charge in [0.1, 0.15) is 11.5 Å². The van der Waals surface area contributed by atoms with Gasteiger partial charge < -0.3 is 9.47 Å². The summed E-state index contributed by atoms with van der Waals surface area (Å²) in [5.41, 5.74) is 2.99. The number of carbonyl (C=O) groups excluding carboxylic acids is 1. The second-order valence-corrected chi connectivity index (χ2v) is 6.59. The number of amides is 1. The lowest BCUT2D eigenvalue weighted by Crippen LogP contribution is -2.32. The van der Waals surface area contributed by atoms with Crippen molar-refractivity contribution in [2.24, 2.45) is 7.05 Å². The van der Waals surface area contributed by atoms with Crippen molar-refractivity contribution in [1.82, 2.24) is 24.6 Å². The predicted octanol–water partition coefficient (Wildman–Crippen LogP) is 2.89. The Kier molecular flexibility index (Phi) is 3.40. The number of nitrogens with zero attached hydrogens (tertiary/aromatic N) is 4. The number of fused-ring (bicyclic) bond motifs is 1. The Hall–Kier alpha value is -2.63. The van der Waals surface area contributed by atoms with E-state index >= 15 is 0 Å². The summed E-state index contributed by atoms with van der Waals surface area (Å²) >= 11 is 0. The largest absolute Gasteiger partial charge is 0.340 e. The van der Waals surface area contributed by atoms with Crippen LogP contribution in [0.15, 0.2) is 24.3 Å². The number of hydrogen-bond acceptors (Lipinski definition) is 3. The summed E-state index contributed by atoms with van der Waals surface area (Å²) in [5, 5.41) is 8.25. The lowest BCUT2D eigenvalue weighted by molar-refractivity contribution is 0.0721. The Balaban J connectivity index is 1.71. The molecule has 24 heavy (non-hydrogen) atoms. The Morgan fingerprint density at radius 2 is 2.12 bits per heavy atom. The molecule has 1 N–H and O–H groups in total. The van der Waals surface area contributed by atoms with Gasteiger partial charge in [0.05, 0.1) is 6.04 Å². The van der Waals surface area contributed by atoms with Crippen LogP contribution in [-0.4, -0.2) is 37.1 Å². The monoisotopic (exact) mass is 323 g/mol. The molecular formula is C18H21N5O. The maximum absolute atomic E-state index is 13.2. The number of aromatic amines is 1. The molecule has 1 aromatic carbocycles. The molecule has 3 aromatic rings. The quantitative estimate of drug-likeness (QED) is 0.788. The zero-order valence-electron chi connectivity index (χ0n) is 14.2. The smallest absolute Gasteiger partial charge is 0.271 e. The molecule has 6 nitrogen and oxygen atoms in total. The number of nitrogens with one attached hydrogen (secondary N) is 1. The van der Waals surface area contributed by atoms with Gasteiger partial charge in [0, 0.05) is 24.5 Å². The number of likely N-dealkylation sites (tertiary alicyclic amines) is 1. The number of aromatic nitrogens is 4. The second kappa shape index (κ2) is 5.47. The zero-order valence-corrected chi connectivity index (χ0v) is 14.2. The number of aryl methyl sites for hydroxylation is 3. The van der Waals surface area contributed by atoms with Crippen LogP contribution in [0.3, 0.4) is 0 Å². The van der Waals surface area contributed by atoms with Gasteiger partial charge in [0.15, 0.2) is 5.82 Å². The molecule has 124 valence electrons. The van der Waals surface area contributed by atoms with E-state index in [1.54, 1.807) is 0 Å². The maximum Gasteiger partial charge on any atom is 0.271 e. The first-order valence-electron chi connectivity index (χ1n) is 8.30. The topological polar surface area (TPSA) is 66.8 Å². The van der Waals surface area contributed by atoms with E-state index in [0.29, 0.717) is 5.82 Å². The fourth-order valence-corrected chi connectivity index (χ4v) is 3.61. The highest BCUT2D eigenvalue weighted by Crippen LogP contribution is 2.32. The predicted molar refractivity (Wildman–Crippen MR) is 91.8 cm³/mol. The van der Waals surface area contributed by atoms with Crippen LogP contribution in [0.4, 0.5) is 0 Å². The van der Waals surface area contributed by atoms with E-state index in [2.05, 4.69) is 40.3 Å². The summed E-state index contributed by atoms with van der Waals surface area (Å²) in [6, 6.07) is 8.21. The summed E-state index contributed by atoms with van der Waals surface area (Å²) in [6.45, 7) is 4.69. The number of benzene rings is 1. The van der Waals surface area contributed by atoms with Gasteiger partial charge in [-0.3, -0.25) is 9.89 Å². The van der Waals surface area contributed by atoms with Gasteiger partial charge in [0.25, 0.3) is 5.91 Å².